The van der Waals surface area contributed by atoms with Crippen molar-refractivity contribution in [3.63, 3.8) is 0 Å². The molecule has 0 saturated carbocycles. The van der Waals surface area contributed by atoms with Crippen LogP contribution in [0, 0.1) is 13.8 Å². The largest absolute Gasteiger partial charge is 0.385 e. The summed E-state index contributed by atoms with van der Waals surface area (Å²) in [6, 6.07) is 8.33. The third-order valence-electron chi connectivity index (χ3n) is 2.34. The van der Waals surface area contributed by atoms with Gasteiger partial charge in [0.05, 0.1) is 0 Å². The van der Waals surface area contributed by atoms with Gasteiger partial charge in [0, 0.05) is 18.7 Å². The van der Waals surface area contributed by atoms with Crippen LogP contribution >= 0.6 is 0 Å². The van der Waals surface area contributed by atoms with E-state index in [0.717, 1.165) is 30.3 Å². The Kier molecular flexibility index (Phi) is 3.19. The van der Waals surface area contributed by atoms with Crippen LogP contribution in [-0.4, -0.2) is 21.7 Å². The number of aromatic amines is 1. The van der Waals surface area contributed by atoms with E-state index in [2.05, 4.69) is 51.7 Å². The highest BCUT2D eigenvalue weighted by molar-refractivity contribution is 5.45. The fourth-order valence-corrected chi connectivity index (χ4v) is 1.57. The molecule has 4 nitrogen and oxygen atoms in total. The Labute approximate surface area is 95.1 Å². The van der Waals surface area contributed by atoms with Gasteiger partial charge in [0.25, 0.3) is 0 Å². The van der Waals surface area contributed by atoms with Gasteiger partial charge in [-0.15, -0.1) is 0 Å². The maximum Gasteiger partial charge on any atom is 0.152 e. The molecule has 0 radical (unpaired) electrons. The zero-order valence-corrected chi connectivity index (χ0v) is 9.62. The summed E-state index contributed by atoms with van der Waals surface area (Å²) in [4.78, 5) is 4.25. The van der Waals surface area contributed by atoms with Crippen molar-refractivity contribution in [1.82, 2.24) is 15.2 Å². The summed E-state index contributed by atoms with van der Waals surface area (Å²) >= 11 is 0. The Morgan fingerprint density at radius 3 is 2.88 bits per heavy atom. The first-order chi connectivity index (χ1) is 7.74. The second-order valence-corrected chi connectivity index (χ2v) is 3.88. The molecule has 84 valence electrons. The number of rotatable bonds is 4. The normalized spacial score (nSPS) is 10.4. The summed E-state index contributed by atoms with van der Waals surface area (Å²) in [6.07, 6.45) is 0.832. The van der Waals surface area contributed by atoms with Gasteiger partial charge in [-0.05, 0) is 31.5 Å². The molecule has 0 spiro atoms. The number of aryl methyl sites for hydroxylation is 2. The molecule has 2 rings (SSSR count). The number of aromatic nitrogens is 3. The highest BCUT2D eigenvalue weighted by Gasteiger charge is 1.99. The first kappa shape index (κ1) is 10.7. The molecule has 16 heavy (non-hydrogen) atoms. The Morgan fingerprint density at radius 2 is 2.19 bits per heavy atom. The fourth-order valence-electron chi connectivity index (χ4n) is 1.57. The third kappa shape index (κ3) is 2.82. The lowest BCUT2D eigenvalue weighted by molar-refractivity contribution is 0.901. The van der Waals surface area contributed by atoms with E-state index in [1.54, 1.807) is 0 Å². The number of nitrogens with zero attached hydrogens (tertiary/aromatic N) is 2. The summed E-state index contributed by atoms with van der Waals surface area (Å²) in [6.45, 7) is 4.84. The minimum absolute atomic E-state index is 0.832. The van der Waals surface area contributed by atoms with E-state index in [1.165, 1.54) is 5.56 Å². The first-order valence-electron chi connectivity index (χ1n) is 5.42. The molecule has 1 aromatic carbocycles. The van der Waals surface area contributed by atoms with Crippen molar-refractivity contribution < 1.29 is 0 Å². The molecule has 0 fully saturated rings. The van der Waals surface area contributed by atoms with Gasteiger partial charge in [0.1, 0.15) is 5.82 Å². The number of hydrogen-bond donors (Lipinski definition) is 2. The van der Waals surface area contributed by atoms with E-state index >= 15 is 0 Å². The summed E-state index contributed by atoms with van der Waals surface area (Å²) in [5.74, 6) is 1.73. The molecule has 0 aliphatic carbocycles. The number of hydrogen-bond acceptors (Lipinski definition) is 3. The van der Waals surface area contributed by atoms with Crippen LogP contribution in [-0.2, 0) is 6.42 Å². The Balaban J connectivity index is 1.84. The molecular formula is C12H16N4. The molecule has 0 aliphatic heterocycles. The highest BCUT2D eigenvalue weighted by atomic mass is 15.2. The molecule has 2 aromatic rings. The van der Waals surface area contributed by atoms with Crippen LogP contribution in [0.15, 0.2) is 24.3 Å². The second-order valence-electron chi connectivity index (χ2n) is 3.88. The zero-order chi connectivity index (χ0) is 11.4. The SMILES string of the molecule is Cc1cccc(NCCc2n[nH]c(C)n2)c1. The van der Waals surface area contributed by atoms with Crippen molar-refractivity contribution in [3.05, 3.63) is 41.5 Å². The van der Waals surface area contributed by atoms with Crippen LogP contribution in [0.4, 0.5) is 5.69 Å². The molecular weight excluding hydrogens is 200 g/mol. The van der Waals surface area contributed by atoms with Crippen LogP contribution in [0.25, 0.3) is 0 Å². The van der Waals surface area contributed by atoms with Crippen molar-refractivity contribution in [2.24, 2.45) is 0 Å². The average molecular weight is 216 g/mol. The van der Waals surface area contributed by atoms with Crippen LogP contribution in [0.1, 0.15) is 17.2 Å². The van der Waals surface area contributed by atoms with Gasteiger partial charge in [-0.3, -0.25) is 5.10 Å². The molecule has 1 heterocycles. The van der Waals surface area contributed by atoms with Gasteiger partial charge in [-0.1, -0.05) is 12.1 Å². The van der Waals surface area contributed by atoms with Crippen LogP contribution in [0.3, 0.4) is 0 Å². The minimum Gasteiger partial charge on any atom is -0.385 e. The second kappa shape index (κ2) is 4.79. The van der Waals surface area contributed by atoms with E-state index in [0.29, 0.717) is 0 Å². The third-order valence-corrected chi connectivity index (χ3v) is 2.34. The average Bonchev–Trinajstić information content (AvgIpc) is 2.64. The standard InChI is InChI=1S/C12H16N4/c1-9-4-3-5-11(8-9)13-7-6-12-14-10(2)15-16-12/h3-5,8,13H,6-7H2,1-2H3,(H,14,15,16). The Morgan fingerprint density at radius 1 is 1.31 bits per heavy atom. The Hall–Kier alpha value is -1.84. The van der Waals surface area contributed by atoms with E-state index in [1.807, 2.05) is 6.92 Å². The van der Waals surface area contributed by atoms with Crippen molar-refractivity contribution in [2.45, 2.75) is 20.3 Å². The molecule has 4 heteroatoms. The number of benzene rings is 1. The van der Waals surface area contributed by atoms with Crippen molar-refractivity contribution >= 4 is 5.69 Å². The summed E-state index contributed by atoms with van der Waals surface area (Å²) in [7, 11) is 0. The predicted octanol–water partition coefficient (Wildman–Crippen LogP) is 2.08. The van der Waals surface area contributed by atoms with Gasteiger partial charge in [0.15, 0.2) is 5.82 Å². The van der Waals surface area contributed by atoms with Crippen molar-refractivity contribution in [3.8, 4) is 0 Å². The van der Waals surface area contributed by atoms with Gasteiger partial charge < -0.3 is 5.32 Å². The highest BCUT2D eigenvalue weighted by Crippen LogP contribution is 2.09. The molecule has 0 bridgehead atoms. The number of anilines is 1. The molecule has 2 N–H and O–H groups in total. The topological polar surface area (TPSA) is 53.6 Å². The molecule has 1 aromatic heterocycles. The maximum absolute atomic E-state index is 4.25. The van der Waals surface area contributed by atoms with E-state index < -0.39 is 0 Å². The van der Waals surface area contributed by atoms with Crippen molar-refractivity contribution in [2.75, 3.05) is 11.9 Å². The molecule has 0 saturated heterocycles. The smallest absolute Gasteiger partial charge is 0.152 e. The lowest BCUT2D eigenvalue weighted by Crippen LogP contribution is -2.06. The molecule has 0 atom stereocenters. The van der Waals surface area contributed by atoms with Crippen LogP contribution in [0.5, 0.6) is 0 Å². The quantitative estimate of drug-likeness (QED) is 0.822. The lowest BCUT2D eigenvalue weighted by atomic mass is 10.2. The summed E-state index contributed by atoms with van der Waals surface area (Å²) in [5.41, 5.74) is 2.41. The van der Waals surface area contributed by atoms with E-state index in [4.69, 9.17) is 0 Å². The van der Waals surface area contributed by atoms with Gasteiger partial charge in [-0.2, -0.15) is 5.10 Å². The Bertz CT molecular complexity index is 462. The molecule has 0 aliphatic rings. The molecule has 0 unspecified atom stereocenters. The van der Waals surface area contributed by atoms with Crippen LogP contribution < -0.4 is 5.32 Å². The number of nitrogens with one attached hydrogen (secondary N) is 2. The first-order valence-corrected chi connectivity index (χ1v) is 5.42. The molecule has 0 amide bonds. The zero-order valence-electron chi connectivity index (χ0n) is 9.62. The monoisotopic (exact) mass is 216 g/mol. The van der Waals surface area contributed by atoms with E-state index in [9.17, 15) is 0 Å². The minimum atomic E-state index is 0.832. The number of H-pyrrole nitrogens is 1. The maximum atomic E-state index is 4.25. The van der Waals surface area contributed by atoms with Gasteiger partial charge in [-0.25, -0.2) is 4.98 Å². The van der Waals surface area contributed by atoms with E-state index in [-0.39, 0.29) is 0 Å². The summed E-state index contributed by atoms with van der Waals surface area (Å²) in [5, 5.41) is 10.3. The predicted molar refractivity (Wildman–Crippen MR) is 64.5 cm³/mol. The van der Waals surface area contributed by atoms with Gasteiger partial charge >= 0.3 is 0 Å². The van der Waals surface area contributed by atoms with Gasteiger partial charge in [0.2, 0.25) is 0 Å². The fraction of sp³-hybridized carbons (Fsp3) is 0.333. The summed E-state index contributed by atoms with van der Waals surface area (Å²) < 4.78 is 0. The lowest BCUT2D eigenvalue weighted by Gasteiger charge is -2.05. The van der Waals surface area contributed by atoms with Crippen LogP contribution in [0.2, 0.25) is 0 Å². The van der Waals surface area contributed by atoms with Crippen molar-refractivity contribution in [1.29, 1.82) is 0 Å².